The third-order valence-electron chi connectivity index (χ3n) is 2.35. The van der Waals surface area contributed by atoms with E-state index in [4.69, 9.17) is 0 Å². The molecule has 71 valence electrons. The van der Waals surface area contributed by atoms with Gasteiger partial charge in [-0.05, 0) is 25.7 Å². The topological polar surface area (TPSA) is 0 Å². The highest BCUT2D eigenvalue weighted by Crippen LogP contribution is 2.16. The molecule has 0 aromatic heterocycles. The molecule has 0 bridgehead atoms. The molecule has 0 saturated carbocycles. The smallest absolute Gasteiger partial charge is 0.0322 e. The molecule has 0 spiro atoms. The third kappa shape index (κ3) is 6.45. The fourth-order valence-corrected chi connectivity index (χ4v) is 1.39. The van der Waals surface area contributed by atoms with Crippen molar-refractivity contribution in [3.63, 3.8) is 0 Å². The summed E-state index contributed by atoms with van der Waals surface area (Å²) < 4.78 is 0. The maximum Gasteiger partial charge on any atom is -0.0322 e. The van der Waals surface area contributed by atoms with E-state index in [1.165, 1.54) is 32.1 Å². The van der Waals surface area contributed by atoms with Crippen molar-refractivity contribution in [2.45, 2.75) is 52.4 Å². The van der Waals surface area contributed by atoms with Crippen molar-refractivity contribution < 1.29 is 0 Å². The summed E-state index contributed by atoms with van der Waals surface area (Å²) in [6.45, 7) is 8.34. The molecule has 1 atom stereocenters. The van der Waals surface area contributed by atoms with Crippen LogP contribution in [0.1, 0.15) is 52.4 Å². The maximum atomic E-state index is 3.78. The van der Waals surface area contributed by atoms with Gasteiger partial charge < -0.3 is 0 Å². The summed E-state index contributed by atoms with van der Waals surface area (Å²) >= 11 is 0. The van der Waals surface area contributed by atoms with Gasteiger partial charge in [-0.2, -0.15) is 0 Å². The van der Waals surface area contributed by atoms with Gasteiger partial charge in [-0.15, -0.1) is 0 Å². The lowest BCUT2D eigenvalue weighted by atomic mass is 9.96. The molecule has 0 amide bonds. The highest BCUT2D eigenvalue weighted by atomic mass is 14.1. The molecule has 1 unspecified atom stereocenters. The second-order valence-electron chi connectivity index (χ2n) is 3.41. The lowest BCUT2D eigenvalue weighted by molar-refractivity contribution is 0.456. The van der Waals surface area contributed by atoms with Crippen LogP contribution in [0.2, 0.25) is 0 Å². The molecule has 0 heterocycles. The Morgan fingerprint density at radius 3 is 2.50 bits per heavy atom. The predicted molar refractivity (Wildman–Crippen MR) is 57.0 cm³/mol. The Morgan fingerprint density at radius 2 is 2.00 bits per heavy atom. The lowest BCUT2D eigenvalue weighted by Crippen LogP contribution is -1.96. The van der Waals surface area contributed by atoms with Crippen molar-refractivity contribution in [1.29, 1.82) is 0 Å². The first kappa shape index (κ1) is 11.7. The number of hydrogen-bond donors (Lipinski definition) is 0. The molecule has 0 heteroatoms. The number of allylic oxidation sites excluding steroid dienone is 2. The van der Waals surface area contributed by atoms with Gasteiger partial charge in [0.25, 0.3) is 0 Å². The second-order valence-corrected chi connectivity index (χ2v) is 3.41. The third-order valence-corrected chi connectivity index (χ3v) is 2.35. The van der Waals surface area contributed by atoms with Crippen LogP contribution in [0.25, 0.3) is 0 Å². The summed E-state index contributed by atoms with van der Waals surface area (Å²) in [5.41, 5.74) is 0. The van der Waals surface area contributed by atoms with Crippen LogP contribution >= 0.6 is 0 Å². The van der Waals surface area contributed by atoms with Crippen molar-refractivity contribution in [3.05, 3.63) is 19.1 Å². The fraction of sp³-hybridized carbons (Fsp3) is 0.750. The van der Waals surface area contributed by atoms with Crippen LogP contribution in [0, 0.1) is 12.8 Å². The van der Waals surface area contributed by atoms with Crippen molar-refractivity contribution >= 4 is 0 Å². The summed E-state index contributed by atoms with van der Waals surface area (Å²) in [5, 5.41) is 0. The SMILES string of the molecule is [CH2]C/C=C/CC(CC)CCCC. The van der Waals surface area contributed by atoms with Gasteiger partial charge in [0.15, 0.2) is 0 Å². The van der Waals surface area contributed by atoms with Crippen LogP contribution in [0.4, 0.5) is 0 Å². The lowest BCUT2D eigenvalue weighted by Gasteiger charge is -2.10. The van der Waals surface area contributed by atoms with Crippen molar-refractivity contribution in [3.8, 4) is 0 Å². The van der Waals surface area contributed by atoms with E-state index in [0.29, 0.717) is 0 Å². The van der Waals surface area contributed by atoms with Crippen LogP contribution in [-0.4, -0.2) is 0 Å². The largest absolute Gasteiger partial charge is 0.0885 e. The van der Waals surface area contributed by atoms with Gasteiger partial charge in [0.2, 0.25) is 0 Å². The zero-order valence-corrected chi connectivity index (χ0v) is 8.68. The van der Waals surface area contributed by atoms with Crippen LogP contribution in [0.3, 0.4) is 0 Å². The van der Waals surface area contributed by atoms with Gasteiger partial charge in [-0.3, -0.25) is 0 Å². The molecule has 0 aromatic carbocycles. The van der Waals surface area contributed by atoms with E-state index in [0.717, 1.165) is 12.3 Å². The standard InChI is InChI=1S/C12H23/c1-4-7-9-11-12(6-3)10-8-5-2/h7,9,12H,1,4-6,8,10-11H2,2-3H3/b9-7+. The van der Waals surface area contributed by atoms with Crippen molar-refractivity contribution in [2.75, 3.05) is 0 Å². The monoisotopic (exact) mass is 167 g/mol. The van der Waals surface area contributed by atoms with Gasteiger partial charge in [-0.1, -0.05) is 51.7 Å². The van der Waals surface area contributed by atoms with E-state index < -0.39 is 0 Å². The molecule has 0 aromatic rings. The van der Waals surface area contributed by atoms with E-state index in [-0.39, 0.29) is 0 Å². The zero-order chi connectivity index (χ0) is 9.23. The van der Waals surface area contributed by atoms with Gasteiger partial charge in [-0.25, -0.2) is 0 Å². The van der Waals surface area contributed by atoms with Gasteiger partial charge in [0.05, 0.1) is 0 Å². The molecular weight excluding hydrogens is 144 g/mol. The summed E-state index contributed by atoms with van der Waals surface area (Å²) in [6, 6.07) is 0. The molecule has 0 fully saturated rings. The van der Waals surface area contributed by atoms with Crippen LogP contribution in [0.5, 0.6) is 0 Å². The van der Waals surface area contributed by atoms with Crippen LogP contribution in [-0.2, 0) is 0 Å². The molecule has 0 saturated heterocycles. The minimum absolute atomic E-state index is 0.910. The fourth-order valence-electron chi connectivity index (χ4n) is 1.39. The highest BCUT2D eigenvalue weighted by Gasteiger charge is 2.01. The summed E-state index contributed by atoms with van der Waals surface area (Å²) in [6.07, 6.45) is 12.1. The Kier molecular flexibility index (Phi) is 8.64. The number of unbranched alkanes of at least 4 members (excludes halogenated alkanes) is 1. The van der Waals surface area contributed by atoms with Gasteiger partial charge in [0.1, 0.15) is 0 Å². The van der Waals surface area contributed by atoms with E-state index in [1.54, 1.807) is 0 Å². The molecule has 0 aliphatic rings. The highest BCUT2D eigenvalue weighted by molar-refractivity contribution is 4.84. The molecule has 1 radical (unpaired) electrons. The Morgan fingerprint density at radius 1 is 1.25 bits per heavy atom. The van der Waals surface area contributed by atoms with E-state index in [9.17, 15) is 0 Å². The van der Waals surface area contributed by atoms with Gasteiger partial charge in [0, 0.05) is 0 Å². The van der Waals surface area contributed by atoms with Crippen molar-refractivity contribution in [1.82, 2.24) is 0 Å². The zero-order valence-electron chi connectivity index (χ0n) is 8.68. The Labute approximate surface area is 78.1 Å². The molecule has 0 aliphatic carbocycles. The van der Waals surface area contributed by atoms with Crippen molar-refractivity contribution in [2.24, 2.45) is 5.92 Å². The minimum Gasteiger partial charge on any atom is -0.0885 e. The Bertz CT molecular complexity index is 103. The Balaban J connectivity index is 3.45. The molecular formula is C12H23. The van der Waals surface area contributed by atoms with E-state index in [1.807, 2.05) is 0 Å². The second kappa shape index (κ2) is 8.83. The number of rotatable bonds is 7. The maximum absolute atomic E-state index is 3.78. The summed E-state index contributed by atoms with van der Waals surface area (Å²) in [5.74, 6) is 0.910. The molecule has 0 aliphatic heterocycles. The van der Waals surface area contributed by atoms with Crippen LogP contribution < -0.4 is 0 Å². The molecule has 12 heavy (non-hydrogen) atoms. The first-order chi connectivity index (χ1) is 5.85. The molecule has 0 N–H and O–H groups in total. The predicted octanol–water partition coefficient (Wildman–Crippen LogP) is 4.37. The normalized spacial score (nSPS) is 13.9. The van der Waals surface area contributed by atoms with E-state index >= 15 is 0 Å². The first-order valence-electron chi connectivity index (χ1n) is 5.29. The van der Waals surface area contributed by atoms with E-state index in [2.05, 4.69) is 32.9 Å². The summed E-state index contributed by atoms with van der Waals surface area (Å²) in [4.78, 5) is 0. The minimum atomic E-state index is 0.910. The summed E-state index contributed by atoms with van der Waals surface area (Å²) in [7, 11) is 0. The van der Waals surface area contributed by atoms with Crippen LogP contribution in [0.15, 0.2) is 12.2 Å². The number of hydrogen-bond acceptors (Lipinski definition) is 0. The Hall–Kier alpha value is -0.260. The average Bonchev–Trinajstić information content (AvgIpc) is 2.11. The average molecular weight is 167 g/mol. The molecule has 0 rings (SSSR count). The first-order valence-corrected chi connectivity index (χ1v) is 5.29. The molecule has 0 nitrogen and oxygen atoms in total. The van der Waals surface area contributed by atoms with Gasteiger partial charge >= 0.3 is 0 Å². The quantitative estimate of drug-likeness (QED) is 0.494.